The molecule has 0 radical (unpaired) electrons. The van der Waals surface area contributed by atoms with Gasteiger partial charge in [0, 0.05) is 22.9 Å². The van der Waals surface area contributed by atoms with Crippen molar-refractivity contribution in [1.29, 1.82) is 0 Å². The van der Waals surface area contributed by atoms with Crippen LogP contribution < -0.4 is 10.3 Å². The largest absolute Gasteiger partial charge is 0.298 e. The smallest absolute Gasteiger partial charge is 0.277 e. The van der Waals surface area contributed by atoms with Gasteiger partial charge in [-0.05, 0) is 6.92 Å². The van der Waals surface area contributed by atoms with Crippen molar-refractivity contribution in [2.45, 2.75) is 24.8 Å². The predicted octanol–water partition coefficient (Wildman–Crippen LogP) is 2.06. The van der Waals surface area contributed by atoms with Gasteiger partial charge in [0.05, 0.1) is 12.5 Å². The molecule has 0 atom stereocenters. The van der Waals surface area contributed by atoms with Crippen LogP contribution in [0.3, 0.4) is 0 Å². The number of nitrogens with one attached hydrogen (secondary N) is 1. The third-order valence-electron chi connectivity index (χ3n) is 2.67. The topological polar surface area (TPSA) is 81.1 Å². The molecule has 0 amide bonds. The van der Waals surface area contributed by atoms with Crippen molar-refractivity contribution in [3.63, 3.8) is 0 Å². The van der Waals surface area contributed by atoms with E-state index in [-0.39, 0.29) is 5.69 Å². The van der Waals surface area contributed by atoms with Crippen molar-refractivity contribution in [3.05, 3.63) is 39.2 Å². The Hall–Kier alpha value is -1.81. The van der Waals surface area contributed by atoms with Crippen LogP contribution >= 0.6 is 11.3 Å². The number of thiophene rings is 1. The number of aromatic nitrogens is 2. The fraction of sp³-hybridized carbons (Fsp3) is 0.273. The number of sulfonamides is 1. The second-order valence-corrected chi connectivity index (χ2v) is 6.39. The van der Waals surface area contributed by atoms with E-state index in [0.29, 0.717) is 6.54 Å². The van der Waals surface area contributed by atoms with Crippen LogP contribution in [0.25, 0.3) is 0 Å². The Kier molecular flexibility index (Phi) is 4.37. The predicted molar refractivity (Wildman–Crippen MR) is 74.3 cm³/mol. The maximum Gasteiger partial charge on any atom is 0.277 e. The minimum Gasteiger partial charge on any atom is -0.298 e. The molecule has 0 fully saturated rings. The highest BCUT2D eigenvalue weighted by molar-refractivity contribution is 7.92. The zero-order valence-electron chi connectivity index (χ0n) is 10.8. The maximum absolute atomic E-state index is 12.8. The molecule has 0 aliphatic carbocycles. The second kappa shape index (κ2) is 5.90. The van der Waals surface area contributed by atoms with Gasteiger partial charge in [-0.3, -0.25) is 14.1 Å². The van der Waals surface area contributed by atoms with Gasteiger partial charge < -0.3 is 0 Å². The van der Waals surface area contributed by atoms with Gasteiger partial charge in [0.2, 0.25) is 0 Å². The van der Waals surface area contributed by atoms with E-state index >= 15 is 0 Å². The molecule has 1 N–H and O–H groups in total. The third-order valence-corrected chi connectivity index (χ3v) is 5.00. The van der Waals surface area contributed by atoms with Gasteiger partial charge in [-0.1, -0.05) is 0 Å². The fourth-order valence-corrected chi connectivity index (χ4v) is 4.07. The number of nitrogens with zero attached hydrogens (tertiary/aromatic N) is 2. The lowest BCUT2D eigenvalue weighted by molar-refractivity contribution is 0.148. The van der Waals surface area contributed by atoms with Gasteiger partial charge in [0.1, 0.15) is 10.6 Å². The Morgan fingerprint density at radius 1 is 1.43 bits per heavy atom. The summed E-state index contributed by atoms with van der Waals surface area (Å²) >= 11 is 0.846. The van der Waals surface area contributed by atoms with Crippen LogP contribution in [-0.2, 0) is 16.6 Å². The summed E-state index contributed by atoms with van der Waals surface area (Å²) in [5.74, 6) is 0. The molecule has 0 aliphatic rings. The van der Waals surface area contributed by atoms with E-state index in [9.17, 15) is 22.0 Å². The summed E-state index contributed by atoms with van der Waals surface area (Å²) in [6.07, 6.45) is -0.612. The van der Waals surface area contributed by atoms with E-state index in [0.717, 1.165) is 28.3 Å². The molecule has 0 unspecified atom stereocenters. The van der Waals surface area contributed by atoms with Gasteiger partial charge in [0.15, 0.2) is 0 Å². The minimum absolute atomic E-state index is 0.286. The Labute approximate surface area is 123 Å². The van der Waals surface area contributed by atoms with Crippen LogP contribution in [0, 0.1) is 0 Å². The van der Waals surface area contributed by atoms with E-state index < -0.39 is 32.5 Å². The van der Waals surface area contributed by atoms with Gasteiger partial charge in [-0.25, -0.2) is 22.2 Å². The van der Waals surface area contributed by atoms with Crippen LogP contribution in [0.4, 0.5) is 14.5 Å². The molecule has 2 heterocycles. The first-order valence-electron chi connectivity index (χ1n) is 5.78. The van der Waals surface area contributed by atoms with Crippen LogP contribution in [-0.4, -0.2) is 18.0 Å². The number of alkyl halides is 2. The average molecular weight is 335 g/mol. The Morgan fingerprint density at radius 3 is 2.76 bits per heavy atom. The molecular formula is C11H11F2N3O3S2. The van der Waals surface area contributed by atoms with Gasteiger partial charge in [-0.2, -0.15) is 11.3 Å². The number of anilines is 1. The quantitative estimate of drug-likeness (QED) is 0.907. The van der Waals surface area contributed by atoms with Gasteiger partial charge in [0.25, 0.3) is 22.0 Å². The van der Waals surface area contributed by atoms with Crippen LogP contribution in [0.2, 0.25) is 0 Å². The molecule has 0 spiro atoms. The fourth-order valence-electron chi connectivity index (χ4n) is 1.62. The van der Waals surface area contributed by atoms with E-state index in [1.807, 2.05) is 4.72 Å². The standard InChI is InChI=1S/C11H11F2N3O3S2/c1-2-16-6-14-3-8(11(16)17)15-21(18,19)9-5-20-4-7(9)10(12)13/h3-6,10,15H,2H2,1H3. The first-order valence-corrected chi connectivity index (χ1v) is 8.21. The summed E-state index contributed by atoms with van der Waals surface area (Å²) in [4.78, 5) is 15.1. The first kappa shape index (κ1) is 15.6. The molecule has 114 valence electrons. The molecule has 21 heavy (non-hydrogen) atoms. The Morgan fingerprint density at radius 2 is 2.14 bits per heavy atom. The molecule has 2 rings (SSSR count). The monoisotopic (exact) mass is 335 g/mol. The van der Waals surface area contributed by atoms with Crippen molar-refractivity contribution in [2.24, 2.45) is 0 Å². The lowest BCUT2D eigenvalue weighted by atomic mass is 10.4. The highest BCUT2D eigenvalue weighted by Gasteiger charge is 2.25. The van der Waals surface area contributed by atoms with E-state index in [1.165, 1.54) is 10.9 Å². The van der Waals surface area contributed by atoms with E-state index in [4.69, 9.17) is 0 Å². The second-order valence-electron chi connectivity index (χ2n) is 4.00. The van der Waals surface area contributed by atoms with Crippen LogP contribution in [0.5, 0.6) is 0 Å². The molecule has 10 heteroatoms. The summed E-state index contributed by atoms with van der Waals surface area (Å²) in [7, 11) is -4.27. The Balaban J connectivity index is 2.43. The van der Waals surface area contributed by atoms with Crippen LogP contribution in [0.15, 0.2) is 33.0 Å². The van der Waals surface area contributed by atoms with Crippen molar-refractivity contribution in [1.82, 2.24) is 9.55 Å². The molecular weight excluding hydrogens is 324 g/mol. The van der Waals surface area contributed by atoms with Crippen molar-refractivity contribution in [2.75, 3.05) is 4.72 Å². The molecule has 0 saturated carbocycles. The zero-order chi connectivity index (χ0) is 15.6. The molecule has 2 aromatic heterocycles. The van der Waals surface area contributed by atoms with Crippen LogP contribution in [0.1, 0.15) is 18.9 Å². The van der Waals surface area contributed by atoms with Gasteiger partial charge in [-0.15, -0.1) is 0 Å². The highest BCUT2D eigenvalue weighted by atomic mass is 32.2. The number of aryl methyl sites for hydroxylation is 1. The number of halogens is 2. The molecule has 0 aromatic carbocycles. The highest BCUT2D eigenvalue weighted by Crippen LogP contribution is 2.30. The zero-order valence-corrected chi connectivity index (χ0v) is 12.4. The number of hydrogen-bond donors (Lipinski definition) is 1. The first-order chi connectivity index (χ1) is 9.86. The minimum atomic E-state index is -4.27. The summed E-state index contributed by atoms with van der Waals surface area (Å²) in [5, 5.41) is 2.16. The third kappa shape index (κ3) is 3.10. The number of hydrogen-bond acceptors (Lipinski definition) is 5. The number of rotatable bonds is 5. The lowest BCUT2D eigenvalue weighted by Crippen LogP contribution is -2.26. The molecule has 0 saturated heterocycles. The Bertz CT molecular complexity index is 799. The normalized spacial score (nSPS) is 11.8. The summed E-state index contributed by atoms with van der Waals surface area (Å²) in [6, 6.07) is 0. The van der Waals surface area contributed by atoms with Crippen molar-refractivity contribution < 1.29 is 17.2 Å². The molecule has 2 aromatic rings. The summed E-state index contributed by atoms with van der Waals surface area (Å²) in [5.41, 5.74) is -1.47. The average Bonchev–Trinajstić information content (AvgIpc) is 2.91. The van der Waals surface area contributed by atoms with Crippen molar-refractivity contribution in [3.8, 4) is 0 Å². The van der Waals surface area contributed by atoms with Crippen molar-refractivity contribution >= 4 is 27.0 Å². The lowest BCUT2D eigenvalue weighted by Gasteiger charge is -2.09. The molecule has 6 nitrogen and oxygen atoms in total. The molecule has 0 aliphatic heterocycles. The summed E-state index contributed by atoms with van der Waals surface area (Å²) in [6.45, 7) is 2.00. The SMILES string of the molecule is CCn1cncc(NS(=O)(=O)c2cscc2C(F)F)c1=O. The van der Waals surface area contributed by atoms with Gasteiger partial charge >= 0.3 is 0 Å². The maximum atomic E-state index is 12.8. The van der Waals surface area contributed by atoms with E-state index in [2.05, 4.69) is 4.98 Å². The summed E-state index contributed by atoms with van der Waals surface area (Å²) < 4.78 is 53.0. The van der Waals surface area contributed by atoms with E-state index in [1.54, 1.807) is 6.92 Å². The molecule has 0 bridgehead atoms.